The summed E-state index contributed by atoms with van der Waals surface area (Å²) in [5, 5.41) is 0. The molecule has 0 fully saturated rings. The van der Waals surface area contributed by atoms with Crippen molar-refractivity contribution in [1.82, 2.24) is 20.0 Å². The van der Waals surface area contributed by atoms with Crippen molar-refractivity contribution >= 4 is 21.6 Å². The number of pyridine rings is 1. The Hall–Kier alpha value is -1.66. The maximum atomic E-state index is 5.48. The van der Waals surface area contributed by atoms with E-state index in [1.165, 1.54) is 0 Å². The molecule has 0 aromatic carbocycles. The first kappa shape index (κ1) is 11.4. The Balaban J connectivity index is 1.73. The summed E-state index contributed by atoms with van der Waals surface area (Å²) in [5.41, 5.74) is 4.67. The molecule has 1 aliphatic heterocycles. The first-order valence-corrected chi connectivity index (χ1v) is 6.32. The zero-order valence-electron chi connectivity index (χ0n) is 9.45. The van der Waals surface area contributed by atoms with Crippen molar-refractivity contribution in [3.8, 4) is 0 Å². The number of halogens is 1. The molecule has 92 valence electrons. The molecule has 3 heterocycles. The number of aromatic nitrogens is 3. The molecule has 18 heavy (non-hydrogen) atoms. The van der Waals surface area contributed by atoms with Gasteiger partial charge >= 0.3 is 0 Å². The van der Waals surface area contributed by atoms with Gasteiger partial charge in [-0.3, -0.25) is 15.3 Å². The monoisotopic (exact) mass is 306 g/mol. The van der Waals surface area contributed by atoms with Crippen molar-refractivity contribution in [2.75, 3.05) is 0 Å². The van der Waals surface area contributed by atoms with E-state index in [0.717, 1.165) is 22.4 Å². The average molecular weight is 307 g/mol. The molecule has 5 nitrogen and oxygen atoms in total. The van der Waals surface area contributed by atoms with E-state index >= 15 is 0 Å². The standard InChI is InChI=1S/C12H11BrN4O/c13-9-1-2-11(15-6-9)12-5-10(18-16-12)7-17-4-3-14-8-17/h1-6,8,10,16H,7H2/t10-/m0/s1. The van der Waals surface area contributed by atoms with E-state index in [0.29, 0.717) is 0 Å². The van der Waals surface area contributed by atoms with Crippen LogP contribution in [0.1, 0.15) is 5.69 Å². The highest BCUT2D eigenvalue weighted by molar-refractivity contribution is 9.10. The van der Waals surface area contributed by atoms with Crippen LogP contribution < -0.4 is 5.48 Å². The van der Waals surface area contributed by atoms with Crippen LogP contribution in [0.3, 0.4) is 0 Å². The Morgan fingerprint density at radius 1 is 1.44 bits per heavy atom. The lowest BCUT2D eigenvalue weighted by Gasteiger charge is -2.07. The third-order valence-corrected chi connectivity index (χ3v) is 3.10. The van der Waals surface area contributed by atoms with Crippen LogP contribution >= 0.6 is 15.9 Å². The van der Waals surface area contributed by atoms with Gasteiger partial charge in [0.2, 0.25) is 0 Å². The topological polar surface area (TPSA) is 52.0 Å². The Morgan fingerprint density at radius 3 is 3.11 bits per heavy atom. The molecule has 0 spiro atoms. The summed E-state index contributed by atoms with van der Waals surface area (Å²) in [6.07, 6.45) is 9.21. The van der Waals surface area contributed by atoms with Crippen molar-refractivity contribution in [3.05, 3.63) is 53.3 Å². The predicted octanol–water partition coefficient (Wildman–Crippen LogP) is 1.99. The van der Waals surface area contributed by atoms with E-state index < -0.39 is 0 Å². The van der Waals surface area contributed by atoms with E-state index in [9.17, 15) is 0 Å². The van der Waals surface area contributed by atoms with Crippen LogP contribution in [0.4, 0.5) is 0 Å². The average Bonchev–Trinajstić information content (AvgIpc) is 3.02. The Morgan fingerprint density at radius 2 is 2.39 bits per heavy atom. The van der Waals surface area contributed by atoms with Crippen LogP contribution in [-0.4, -0.2) is 20.6 Å². The summed E-state index contributed by atoms with van der Waals surface area (Å²) in [6, 6.07) is 3.89. The fraction of sp³-hybridized carbons (Fsp3) is 0.167. The van der Waals surface area contributed by atoms with Gasteiger partial charge in [-0.1, -0.05) is 0 Å². The van der Waals surface area contributed by atoms with Crippen molar-refractivity contribution in [2.24, 2.45) is 0 Å². The number of nitrogens with zero attached hydrogens (tertiary/aromatic N) is 3. The quantitative estimate of drug-likeness (QED) is 0.942. The fourth-order valence-corrected chi connectivity index (χ4v) is 1.99. The molecule has 0 unspecified atom stereocenters. The highest BCUT2D eigenvalue weighted by Gasteiger charge is 2.18. The summed E-state index contributed by atoms with van der Waals surface area (Å²) >= 11 is 3.36. The maximum absolute atomic E-state index is 5.48. The number of hydrogen-bond donors (Lipinski definition) is 1. The lowest BCUT2D eigenvalue weighted by Crippen LogP contribution is -2.17. The second-order valence-electron chi connectivity index (χ2n) is 3.96. The van der Waals surface area contributed by atoms with Gasteiger partial charge in [-0.15, -0.1) is 0 Å². The molecule has 0 aliphatic carbocycles. The van der Waals surface area contributed by atoms with Gasteiger partial charge in [-0.25, -0.2) is 4.98 Å². The highest BCUT2D eigenvalue weighted by Crippen LogP contribution is 2.18. The molecule has 2 aromatic rings. The van der Waals surface area contributed by atoms with Crippen LogP contribution in [0.25, 0.3) is 5.70 Å². The molecule has 0 amide bonds. The van der Waals surface area contributed by atoms with Gasteiger partial charge < -0.3 is 4.57 Å². The van der Waals surface area contributed by atoms with Crippen molar-refractivity contribution in [1.29, 1.82) is 0 Å². The molecule has 1 N–H and O–H groups in total. The molecule has 0 saturated carbocycles. The highest BCUT2D eigenvalue weighted by atomic mass is 79.9. The van der Waals surface area contributed by atoms with Crippen molar-refractivity contribution in [3.63, 3.8) is 0 Å². The summed E-state index contributed by atoms with van der Waals surface area (Å²) in [6.45, 7) is 0.729. The van der Waals surface area contributed by atoms with E-state index in [4.69, 9.17) is 4.84 Å². The summed E-state index contributed by atoms with van der Waals surface area (Å²) in [4.78, 5) is 13.8. The van der Waals surface area contributed by atoms with Gasteiger partial charge in [0.15, 0.2) is 0 Å². The molecule has 0 bridgehead atoms. The SMILES string of the molecule is Brc1ccc(C2=C[C@@H](Cn3ccnc3)ON2)nc1. The van der Waals surface area contributed by atoms with E-state index in [2.05, 4.69) is 31.4 Å². The number of nitrogens with one attached hydrogen (secondary N) is 1. The van der Waals surface area contributed by atoms with Gasteiger partial charge in [0, 0.05) is 23.1 Å². The minimum absolute atomic E-state index is 0.0142. The molecule has 1 atom stereocenters. The van der Waals surface area contributed by atoms with Crippen LogP contribution in [0, 0.1) is 0 Å². The minimum atomic E-state index is -0.0142. The summed E-state index contributed by atoms with van der Waals surface area (Å²) in [7, 11) is 0. The van der Waals surface area contributed by atoms with E-state index in [1.807, 2.05) is 29.0 Å². The molecule has 3 rings (SSSR count). The number of hydrogen-bond acceptors (Lipinski definition) is 4. The molecular weight excluding hydrogens is 296 g/mol. The maximum Gasteiger partial charge on any atom is 0.124 e. The molecule has 1 aliphatic rings. The normalized spacial score (nSPS) is 18.5. The summed E-state index contributed by atoms with van der Waals surface area (Å²) in [5.74, 6) is 0. The Kier molecular flexibility index (Phi) is 3.12. The first-order chi connectivity index (χ1) is 8.81. The van der Waals surface area contributed by atoms with Gasteiger partial charge in [0.05, 0.1) is 24.3 Å². The van der Waals surface area contributed by atoms with Gasteiger partial charge in [-0.2, -0.15) is 0 Å². The van der Waals surface area contributed by atoms with Crippen LogP contribution in [0.2, 0.25) is 0 Å². The molecular formula is C12H11BrN4O. The first-order valence-electron chi connectivity index (χ1n) is 5.52. The second-order valence-corrected chi connectivity index (χ2v) is 4.88. The number of hydroxylamine groups is 1. The number of imidazole rings is 1. The Labute approximate surface area is 113 Å². The largest absolute Gasteiger partial charge is 0.334 e. The van der Waals surface area contributed by atoms with Gasteiger partial charge in [0.1, 0.15) is 6.10 Å². The van der Waals surface area contributed by atoms with Crippen LogP contribution in [0.15, 0.2) is 47.6 Å². The third-order valence-electron chi connectivity index (χ3n) is 2.63. The van der Waals surface area contributed by atoms with E-state index in [1.54, 1.807) is 18.7 Å². The summed E-state index contributed by atoms with van der Waals surface area (Å²) < 4.78 is 2.93. The predicted molar refractivity (Wildman–Crippen MR) is 70.1 cm³/mol. The van der Waals surface area contributed by atoms with Gasteiger partial charge in [-0.05, 0) is 34.1 Å². The molecule has 0 radical (unpaired) electrons. The fourth-order valence-electron chi connectivity index (χ4n) is 1.76. The zero-order chi connectivity index (χ0) is 12.4. The lowest BCUT2D eigenvalue weighted by atomic mass is 10.2. The lowest BCUT2D eigenvalue weighted by molar-refractivity contribution is 0.0417. The number of rotatable bonds is 3. The van der Waals surface area contributed by atoms with Crippen LogP contribution in [0.5, 0.6) is 0 Å². The molecule has 6 heteroatoms. The minimum Gasteiger partial charge on any atom is -0.334 e. The van der Waals surface area contributed by atoms with E-state index in [-0.39, 0.29) is 6.10 Å². The second kappa shape index (κ2) is 4.91. The molecule has 2 aromatic heterocycles. The molecule has 0 saturated heterocycles. The van der Waals surface area contributed by atoms with Crippen molar-refractivity contribution < 1.29 is 4.84 Å². The van der Waals surface area contributed by atoms with Gasteiger partial charge in [0.25, 0.3) is 0 Å². The zero-order valence-corrected chi connectivity index (χ0v) is 11.0. The third kappa shape index (κ3) is 2.44. The Bertz CT molecular complexity index is 550. The van der Waals surface area contributed by atoms with Crippen molar-refractivity contribution in [2.45, 2.75) is 12.6 Å². The smallest absolute Gasteiger partial charge is 0.124 e. The van der Waals surface area contributed by atoms with Crippen LogP contribution in [-0.2, 0) is 11.4 Å².